The van der Waals surface area contributed by atoms with Gasteiger partial charge in [-0.3, -0.25) is 9.59 Å². The number of nitrogens with zero attached hydrogens (tertiary/aromatic N) is 1. The molecular formula is C21H31N3O2. The lowest BCUT2D eigenvalue weighted by Crippen LogP contribution is -2.51. The van der Waals surface area contributed by atoms with Crippen molar-refractivity contribution in [3.63, 3.8) is 0 Å². The van der Waals surface area contributed by atoms with Gasteiger partial charge in [0.1, 0.15) is 0 Å². The minimum Gasteiger partial charge on any atom is -0.336 e. The molecule has 3 rings (SSSR count). The number of nitrogens with one attached hydrogen (secondary N) is 1. The summed E-state index contributed by atoms with van der Waals surface area (Å²) >= 11 is 0. The van der Waals surface area contributed by atoms with Gasteiger partial charge in [0.15, 0.2) is 0 Å². The van der Waals surface area contributed by atoms with Crippen LogP contribution in [0.15, 0.2) is 24.3 Å². The van der Waals surface area contributed by atoms with Crippen LogP contribution in [0.3, 0.4) is 0 Å². The molecule has 1 heterocycles. The van der Waals surface area contributed by atoms with E-state index >= 15 is 0 Å². The van der Waals surface area contributed by atoms with E-state index in [9.17, 15) is 9.59 Å². The van der Waals surface area contributed by atoms with E-state index in [1.165, 1.54) is 6.42 Å². The van der Waals surface area contributed by atoms with Gasteiger partial charge >= 0.3 is 0 Å². The van der Waals surface area contributed by atoms with Crippen LogP contribution in [0.2, 0.25) is 0 Å². The number of carbonyl (C=O) groups is 2. The Morgan fingerprint density at radius 1 is 1.12 bits per heavy atom. The van der Waals surface area contributed by atoms with Gasteiger partial charge in [0, 0.05) is 29.4 Å². The molecule has 0 spiro atoms. The third-order valence-electron chi connectivity index (χ3n) is 6.03. The first-order valence-electron chi connectivity index (χ1n) is 9.89. The second-order valence-electron chi connectivity index (χ2n) is 8.21. The first kappa shape index (κ1) is 18.9. The minimum atomic E-state index is -0.442. The van der Waals surface area contributed by atoms with Gasteiger partial charge in [-0.05, 0) is 70.2 Å². The number of piperidine rings is 1. The molecule has 1 saturated carbocycles. The summed E-state index contributed by atoms with van der Waals surface area (Å²) in [4.78, 5) is 27.3. The number of hydrogen-bond donors (Lipinski definition) is 2. The van der Waals surface area contributed by atoms with E-state index < -0.39 is 5.54 Å². The molecule has 0 aromatic heterocycles. The quantitative estimate of drug-likeness (QED) is 0.869. The summed E-state index contributed by atoms with van der Waals surface area (Å²) in [6, 6.07) is 7.54. The lowest BCUT2D eigenvalue weighted by molar-refractivity contribution is -0.122. The Morgan fingerprint density at radius 3 is 2.46 bits per heavy atom. The Balaban J connectivity index is 1.64. The van der Waals surface area contributed by atoms with Crippen LogP contribution in [-0.4, -0.2) is 34.8 Å². The van der Waals surface area contributed by atoms with Gasteiger partial charge < -0.3 is 16.0 Å². The third-order valence-corrected chi connectivity index (χ3v) is 6.03. The average Bonchev–Trinajstić information content (AvgIpc) is 2.61. The highest BCUT2D eigenvalue weighted by atomic mass is 16.2. The van der Waals surface area contributed by atoms with Gasteiger partial charge in [0.05, 0.1) is 5.92 Å². The van der Waals surface area contributed by atoms with E-state index in [-0.39, 0.29) is 17.7 Å². The second-order valence-corrected chi connectivity index (χ2v) is 8.21. The lowest BCUT2D eigenvalue weighted by atomic mass is 9.74. The number of rotatable bonds is 3. The number of anilines is 1. The first-order chi connectivity index (χ1) is 12.4. The normalized spacial score (nSPS) is 29.3. The molecule has 2 amide bonds. The fourth-order valence-corrected chi connectivity index (χ4v) is 4.28. The van der Waals surface area contributed by atoms with Gasteiger partial charge in [-0.2, -0.15) is 0 Å². The highest BCUT2D eigenvalue weighted by Gasteiger charge is 2.37. The monoisotopic (exact) mass is 357 g/mol. The van der Waals surface area contributed by atoms with Gasteiger partial charge in [-0.1, -0.05) is 12.8 Å². The first-order valence-corrected chi connectivity index (χ1v) is 9.89. The van der Waals surface area contributed by atoms with Crippen LogP contribution in [0.1, 0.15) is 69.2 Å². The van der Waals surface area contributed by atoms with Crippen molar-refractivity contribution in [3.8, 4) is 0 Å². The fraction of sp³-hybridized carbons (Fsp3) is 0.619. The molecule has 142 valence electrons. The molecule has 5 heteroatoms. The summed E-state index contributed by atoms with van der Waals surface area (Å²) in [5.74, 6) is -0.0953. The Hall–Kier alpha value is -1.88. The van der Waals surface area contributed by atoms with Crippen molar-refractivity contribution >= 4 is 17.5 Å². The van der Waals surface area contributed by atoms with Crippen LogP contribution >= 0.6 is 0 Å². The maximum Gasteiger partial charge on any atom is 0.254 e. The summed E-state index contributed by atoms with van der Waals surface area (Å²) in [5, 5.41) is 2.98. The van der Waals surface area contributed by atoms with Gasteiger partial charge in [-0.25, -0.2) is 0 Å². The van der Waals surface area contributed by atoms with Gasteiger partial charge in [-0.15, -0.1) is 0 Å². The molecule has 1 aliphatic carbocycles. The van der Waals surface area contributed by atoms with E-state index in [4.69, 9.17) is 5.73 Å². The van der Waals surface area contributed by atoms with Crippen molar-refractivity contribution in [2.24, 2.45) is 11.7 Å². The van der Waals surface area contributed by atoms with Crippen LogP contribution < -0.4 is 11.1 Å². The number of likely N-dealkylation sites (tertiary alicyclic amines) is 1. The van der Waals surface area contributed by atoms with Crippen molar-refractivity contribution in [1.29, 1.82) is 0 Å². The molecule has 3 unspecified atom stereocenters. The maximum absolute atomic E-state index is 12.7. The molecule has 3 N–H and O–H groups in total. The van der Waals surface area contributed by atoms with Crippen molar-refractivity contribution in [1.82, 2.24) is 4.90 Å². The van der Waals surface area contributed by atoms with Crippen LogP contribution in [-0.2, 0) is 4.79 Å². The molecule has 0 bridgehead atoms. The number of amides is 2. The van der Waals surface area contributed by atoms with Crippen molar-refractivity contribution in [2.75, 3.05) is 11.9 Å². The third kappa shape index (κ3) is 4.09. The number of benzene rings is 1. The van der Waals surface area contributed by atoms with Crippen LogP contribution in [0.5, 0.6) is 0 Å². The van der Waals surface area contributed by atoms with Crippen molar-refractivity contribution in [3.05, 3.63) is 29.8 Å². The molecule has 0 radical (unpaired) electrons. The van der Waals surface area contributed by atoms with E-state index in [1.54, 1.807) is 0 Å². The Kier molecular flexibility index (Phi) is 5.66. The smallest absolute Gasteiger partial charge is 0.254 e. The lowest BCUT2D eigenvalue weighted by Gasteiger charge is -2.37. The van der Waals surface area contributed by atoms with Crippen LogP contribution in [0.4, 0.5) is 5.69 Å². The molecule has 1 aromatic rings. The molecule has 2 fully saturated rings. The van der Waals surface area contributed by atoms with Crippen LogP contribution in [0.25, 0.3) is 0 Å². The van der Waals surface area contributed by atoms with E-state index in [1.807, 2.05) is 36.1 Å². The highest BCUT2D eigenvalue weighted by Crippen LogP contribution is 2.32. The molecule has 1 aliphatic heterocycles. The predicted molar refractivity (Wildman–Crippen MR) is 104 cm³/mol. The Bertz CT molecular complexity index is 654. The molecule has 5 nitrogen and oxygen atoms in total. The maximum atomic E-state index is 12.7. The predicted octanol–water partition coefficient (Wildman–Crippen LogP) is 3.55. The zero-order chi connectivity index (χ0) is 18.7. The highest BCUT2D eigenvalue weighted by molar-refractivity contribution is 5.96. The van der Waals surface area contributed by atoms with Crippen molar-refractivity contribution in [2.45, 2.75) is 70.4 Å². The summed E-state index contributed by atoms with van der Waals surface area (Å²) in [6.45, 7) is 4.91. The summed E-state index contributed by atoms with van der Waals surface area (Å²) in [6.07, 6.45) is 7.18. The topological polar surface area (TPSA) is 75.4 Å². The molecule has 26 heavy (non-hydrogen) atoms. The SMILES string of the molecule is CC1CCCCN1C(=O)c1ccc(NC(=O)C2CCCCC2(C)N)cc1. The molecule has 1 aromatic carbocycles. The van der Waals surface area contributed by atoms with Gasteiger partial charge in [0.25, 0.3) is 5.91 Å². The number of carbonyl (C=O) groups excluding carboxylic acids is 2. The molecule has 1 saturated heterocycles. The summed E-state index contributed by atoms with van der Waals surface area (Å²) in [7, 11) is 0. The van der Waals surface area contributed by atoms with E-state index in [0.29, 0.717) is 11.6 Å². The van der Waals surface area contributed by atoms with Gasteiger partial charge in [0.2, 0.25) is 5.91 Å². The second kappa shape index (κ2) is 7.78. The minimum absolute atomic E-state index is 0.0153. The summed E-state index contributed by atoms with van der Waals surface area (Å²) < 4.78 is 0. The van der Waals surface area contributed by atoms with Crippen LogP contribution in [0, 0.1) is 5.92 Å². The Labute approximate surface area is 156 Å². The molecule has 3 atom stereocenters. The Morgan fingerprint density at radius 2 is 1.81 bits per heavy atom. The number of nitrogens with two attached hydrogens (primary N) is 1. The standard InChI is InChI=1S/C21H31N3O2/c1-15-7-4-6-14-24(15)20(26)16-9-11-17(12-10-16)23-19(25)18-8-3-5-13-21(18,2)22/h9-12,15,18H,3-8,13-14,22H2,1-2H3,(H,23,25). The average molecular weight is 357 g/mol. The van der Waals surface area contributed by atoms with Crippen molar-refractivity contribution < 1.29 is 9.59 Å². The zero-order valence-corrected chi connectivity index (χ0v) is 16.0. The van der Waals surface area contributed by atoms with E-state index in [0.717, 1.165) is 50.8 Å². The summed E-state index contributed by atoms with van der Waals surface area (Å²) in [5.41, 5.74) is 7.28. The zero-order valence-electron chi connectivity index (χ0n) is 16.0. The largest absolute Gasteiger partial charge is 0.336 e. The molecule has 2 aliphatic rings. The van der Waals surface area contributed by atoms with E-state index in [2.05, 4.69) is 12.2 Å². The number of hydrogen-bond acceptors (Lipinski definition) is 3. The molecular weight excluding hydrogens is 326 g/mol. The fourth-order valence-electron chi connectivity index (χ4n) is 4.28.